The maximum absolute atomic E-state index is 12.9. The first-order valence-electron chi connectivity index (χ1n) is 7.52. The van der Waals surface area contributed by atoms with E-state index in [9.17, 15) is 9.18 Å². The minimum absolute atomic E-state index is 0.0127. The van der Waals surface area contributed by atoms with E-state index in [2.05, 4.69) is 10.3 Å². The fourth-order valence-electron chi connectivity index (χ4n) is 2.63. The molecule has 0 radical (unpaired) electrons. The lowest BCUT2D eigenvalue weighted by Gasteiger charge is -2.36. The van der Waals surface area contributed by atoms with Crippen molar-refractivity contribution in [2.45, 2.75) is 10.9 Å². The Morgan fingerprint density at radius 3 is 2.91 bits per heavy atom. The number of hydrogen-bond acceptors (Lipinski definition) is 4. The lowest BCUT2D eigenvalue weighted by Crippen LogP contribution is -2.49. The zero-order valence-electron chi connectivity index (χ0n) is 12.6. The third kappa shape index (κ3) is 4.09. The second-order valence-corrected chi connectivity index (χ2v) is 6.38. The molecule has 1 aromatic carbocycles. The molecule has 120 valence electrons. The zero-order valence-corrected chi connectivity index (χ0v) is 13.4. The number of benzene rings is 1. The van der Waals surface area contributed by atoms with Crippen molar-refractivity contribution in [1.82, 2.24) is 15.2 Å². The van der Waals surface area contributed by atoms with Crippen LogP contribution in [0.1, 0.15) is 11.6 Å². The van der Waals surface area contributed by atoms with Crippen molar-refractivity contribution in [1.29, 1.82) is 0 Å². The standard InChI is InChI=1S/C17H18FN3OS/c18-14-3-5-15(6-4-14)23-12-17(22)21-9-8-20-11-16(21)13-2-1-7-19-10-13/h1-7,10,16,20H,8-9,11-12H2. The Balaban J connectivity index is 1.65. The number of carbonyl (C=O) groups is 1. The van der Waals surface area contributed by atoms with E-state index < -0.39 is 0 Å². The smallest absolute Gasteiger partial charge is 0.233 e. The maximum Gasteiger partial charge on any atom is 0.233 e. The average molecular weight is 331 g/mol. The Bertz CT molecular complexity index is 651. The van der Waals surface area contributed by atoms with Crippen LogP contribution in [0.15, 0.2) is 53.7 Å². The molecule has 0 saturated carbocycles. The third-order valence-electron chi connectivity index (χ3n) is 3.81. The summed E-state index contributed by atoms with van der Waals surface area (Å²) >= 11 is 1.43. The molecule has 2 heterocycles. The second kappa shape index (κ2) is 7.57. The molecule has 3 rings (SSSR count). The van der Waals surface area contributed by atoms with Gasteiger partial charge in [0.2, 0.25) is 5.91 Å². The van der Waals surface area contributed by atoms with Gasteiger partial charge in [-0.25, -0.2) is 4.39 Å². The Kier molecular flexibility index (Phi) is 5.25. The summed E-state index contributed by atoms with van der Waals surface area (Å²) in [5, 5.41) is 3.33. The summed E-state index contributed by atoms with van der Waals surface area (Å²) in [6.07, 6.45) is 3.54. The van der Waals surface area contributed by atoms with E-state index in [0.29, 0.717) is 12.3 Å². The monoisotopic (exact) mass is 331 g/mol. The maximum atomic E-state index is 12.9. The summed E-state index contributed by atoms with van der Waals surface area (Å²) in [6, 6.07) is 10.1. The number of rotatable bonds is 4. The molecule has 1 amide bonds. The molecule has 1 unspecified atom stereocenters. The fourth-order valence-corrected chi connectivity index (χ4v) is 3.42. The van der Waals surface area contributed by atoms with Crippen LogP contribution in [0.25, 0.3) is 0 Å². The van der Waals surface area contributed by atoms with Crippen molar-refractivity contribution < 1.29 is 9.18 Å². The molecular weight excluding hydrogens is 313 g/mol. The van der Waals surface area contributed by atoms with Crippen LogP contribution in [0.4, 0.5) is 4.39 Å². The van der Waals surface area contributed by atoms with Gasteiger partial charge in [0.05, 0.1) is 11.8 Å². The third-order valence-corrected chi connectivity index (χ3v) is 4.81. The molecule has 1 atom stereocenters. The summed E-state index contributed by atoms with van der Waals surface area (Å²) in [7, 11) is 0. The number of piperazine rings is 1. The number of hydrogen-bond donors (Lipinski definition) is 1. The molecule has 0 aliphatic carbocycles. The normalized spacial score (nSPS) is 18.0. The lowest BCUT2D eigenvalue weighted by atomic mass is 10.1. The largest absolute Gasteiger partial charge is 0.332 e. The predicted molar refractivity (Wildman–Crippen MR) is 88.7 cm³/mol. The van der Waals surface area contributed by atoms with Crippen molar-refractivity contribution in [2.75, 3.05) is 25.4 Å². The van der Waals surface area contributed by atoms with Gasteiger partial charge in [-0.15, -0.1) is 11.8 Å². The van der Waals surface area contributed by atoms with Crippen LogP contribution in [0.5, 0.6) is 0 Å². The van der Waals surface area contributed by atoms with Crippen molar-refractivity contribution in [3.05, 3.63) is 60.2 Å². The number of nitrogens with one attached hydrogen (secondary N) is 1. The van der Waals surface area contributed by atoms with Crippen LogP contribution in [0.2, 0.25) is 0 Å². The first kappa shape index (κ1) is 16.0. The summed E-state index contributed by atoms with van der Waals surface area (Å²) in [5.74, 6) is 0.177. The topological polar surface area (TPSA) is 45.2 Å². The number of aromatic nitrogens is 1. The number of amides is 1. The number of nitrogens with zero attached hydrogens (tertiary/aromatic N) is 2. The lowest BCUT2D eigenvalue weighted by molar-refractivity contribution is -0.131. The molecule has 1 fully saturated rings. The molecule has 1 aliphatic rings. The number of pyridine rings is 1. The first-order chi connectivity index (χ1) is 11.2. The Morgan fingerprint density at radius 1 is 1.35 bits per heavy atom. The molecule has 6 heteroatoms. The summed E-state index contributed by atoms with van der Waals surface area (Å²) in [5.41, 5.74) is 1.04. The van der Waals surface area contributed by atoms with Gasteiger partial charge in [-0.3, -0.25) is 9.78 Å². The van der Waals surface area contributed by atoms with Crippen LogP contribution in [0, 0.1) is 5.82 Å². The minimum atomic E-state index is -0.264. The second-order valence-electron chi connectivity index (χ2n) is 5.34. The van der Waals surface area contributed by atoms with E-state index in [1.165, 1.54) is 23.9 Å². The van der Waals surface area contributed by atoms with Gasteiger partial charge in [0, 0.05) is 36.9 Å². The molecule has 1 N–H and O–H groups in total. The van der Waals surface area contributed by atoms with Gasteiger partial charge in [-0.2, -0.15) is 0 Å². The first-order valence-corrected chi connectivity index (χ1v) is 8.51. The van der Waals surface area contributed by atoms with Crippen LogP contribution < -0.4 is 5.32 Å². The molecule has 0 spiro atoms. The van der Waals surface area contributed by atoms with E-state index in [0.717, 1.165) is 23.5 Å². The summed E-state index contributed by atoms with van der Waals surface area (Å²) in [6.45, 7) is 2.21. The average Bonchev–Trinajstić information content (AvgIpc) is 2.62. The van der Waals surface area contributed by atoms with E-state index in [1.54, 1.807) is 18.3 Å². The molecule has 1 aliphatic heterocycles. The van der Waals surface area contributed by atoms with Crippen molar-refractivity contribution >= 4 is 17.7 Å². The number of thioether (sulfide) groups is 1. The predicted octanol–water partition coefficient (Wildman–Crippen LogP) is 2.49. The van der Waals surface area contributed by atoms with Crippen molar-refractivity contribution in [2.24, 2.45) is 0 Å². The Labute approximate surface area is 139 Å². The van der Waals surface area contributed by atoms with Crippen LogP contribution in [0.3, 0.4) is 0 Å². The molecule has 2 aromatic rings. The molecule has 4 nitrogen and oxygen atoms in total. The molecular formula is C17H18FN3OS. The van der Waals surface area contributed by atoms with Gasteiger partial charge in [0.15, 0.2) is 0 Å². The van der Waals surface area contributed by atoms with E-state index in [1.807, 2.05) is 23.2 Å². The zero-order chi connectivity index (χ0) is 16.1. The highest BCUT2D eigenvalue weighted by atomic mass is 32.2. The molecule has 1 aromatic heterocycles. The molecule has 1 saturated heterocycles. The fraction of sp³-hybridized carbons (Fsp3) is 0.294. The SMILES string of the molecule is O=C(CSc1ccc(F)cc1)N1CCNCC1c1cccnc1. The molecule has 0 bridgehead atoms. The Morgan fingerprint density at radius 2 is 2.17 bits per heavy atom. The van der Waals surface area contributed by atoms with Gasteiger partial charge in [-0.1, -0.05) is 6.07 Å². The quantitative estimate of drug-likeness (QED) is 0.875. The Hall–Kier alpha value is -1.92. The molecule has 23 heavy (non-hydrogen) atoms. The van der Waals surface area contributed by atoms with Crippen molar-refractivity contribution in [3.63, 3.8) is 0 Å². The van der Waals surface area contributed by atoms with Crippen LogP contribution in [-0.2, 0) is 4.79 Å². The summed E-state index contributed by atoms with van der Waals surface area (Å²) < 4.78 is 12.9. The van der Waals surface area contributed by atoms with E-state index in [4.69, 9.17) is 0 Å². The highest BCUT2D eigenvalue weighted by molar-refractivity contribution is 8.00. The van der Waals surface area contributed by atoms with Gasteiger partial charge in [-0.05, 0) is 35.9 Å². The van der Waals surface area contributed by atoms with Gasteiger partial charge in [0.25, 0.3) is 0 Å². The van der Waals surface area contributed by atoms with Gasteiger partial charge in [0.1, 0.15) is 5.82 Å². The van der Waals surface area contributed by atoms with Crippen LogP contribution in [-0.4, -0.2) is 41.2 Å². The number of halogens is 1. The van der Waals surface area contributed by atoms with Gasteiger partial charge < -0.3 is 10.2 Å². The van der Waals surface area contributed by atoms with Crippen LogP contribution >= 0.6 is 11.8 Å². The number of carbonyl (C=O) groups excluding carboxylic acids is 1. The minimum Gasteiger partial charge on any atom is -0.332 e. The van der Waals surface area contributed by atoms with E-state index in [-0.39, 0.29) is 17.8 Å². The van der Waals surface area contributed by atoms with Gasteiger partial charge >= 0.3 is 0 Å². The highest BCUT2D eigenvalue weighted by Gasteiger charge is 2.27. The highest BCUT2D eigenvalue weighted by Crippen LogP contribution is 2.24. The van der Waals surface area contributed by atoms with Crippen molar-refractivity contribution in [3.8, 4) is 0 Å². The van der Waals surface area contributed by atoms with E-state index >= 15 is 0 Å². The summed E-state index contributed by atoms with van der Waals surface area (Å²) in [4.78, 5) is 19.6.